The van der Waals surface area contributed by atoms with Gasteiger partial charge in [-0.25, -0.2) is 0 Å². The summed E-state index contributed by atoms with van der Waals surface area (Å²) in [4.78, 5) is 13.8. The number of quaternary nitrogens is 1. The monoisotopic (exact) mass is 266 g/mol. The number of hydrogen-bond acceptors (Lipinski definition) is 2. The zero-order valence-electron chi connectivity index (χ0n) is 12.0. The fraction of sp³-hybridized carbons (Fsp3) is 0.938. The summed E-state index contributed by atoms with van der Waals surface area (Å²) in [6, 6.07) is 0.777. The van der Waals surface area contributed by atoms with E-state index < -0.39 is 0 Å². The highest BCUT2D eigenvalue weighted by Crippen LogP contribution is 2.27. The number of ether oxygens (including phenoxy) is 1. The molecule has 2 aliphatic heterocycles. The van der Waals surface area contributed by atoms with E-state index in [0.29, 0.717) is 12.5 Å². The van der Waals surface area contributed by atoms with Gasteiger partial charge in [-0.1, -0.05) is 12.8 Å². The van der Waals surface area contributed by atoms with Crippen molar-refractivity contribution in [1.82, 2.24) is 0 Å². The third kappa shape index (κ3) is 3.13. The van der Waals surface area contributed by atoms with Crippen molar-refractivity contribution in [1.29, 1.82) is 0 Å². The van der Waals surface area contributed by atoms with Crippen molar-refractivity contribution in [3.8, 4) is 0 Å². The second kappa shape index (κ2) is 6.25. The molecule has 0 bridgehead atoms. The van der Waals surface area contributed by atoms with Crippen LogP contribution in [0.1, 0.15) is 57.8 Å². The molecular formula is C16H28NO2+. The predicted molar refractivity (Wildman–Crippen MR) is 74.0 cm³/mol. The lowest BCUT2D eigenvalue weighted by Gasteiger charge is -2.41. The zero-order chi connectivity index (χ0) is 13.1. The van der Waals surface area contributed by atoms with E-state index in [9.17, 15) is 4.79 Å². The van der Waals surface area contributed by atoms with E-state index >= 15 is 0 Å². The lowest BCUT2D eigenvalue weighted by atomic mass is 9.84. The molecule has 0 aromatic heterocycles. The first-order valence-electron chi connectivity index (χ1n) is 8.36. The summed E-state index contributed by atoms with van der Waals surface area (Å²) in [6.45, 7) is 3.39. The first-order valence-corrected chi connectivity index (χ1v) is 8.36. The molecule has 3 atom stereocenters. The Labute approximate surface area is 116 Å². The van der Waals surface area contributed by atoms with Crippen LogP contribution >= 0.6 is 0 Å². The molecule has 0 aromatic rings. The molecule has 3 aliphatic rings. The highest BCUT2D eigenvalue weighted by Gasteiger charge is 2.37. The maximum Gasteiger partial charge on any atom is 0.308 e. The summed E-state index contributed by atoms with van der Waals surface area (Å²) in [6.07, 6.45) is 11.2. The van der Waals surface area contributed by atoms with Crippen LogP contribution < -0.4 is 4.90 Å². The van der Waals surface area contributed by atoms with Crippen molar-refractivity contribution in [2.75, 3.05) is 19.7 Å². The SMILES string of the molecule is O=C(OC[C@@H]1CCC[NH+]2CCCC[C@H]12)C1CCCC1. The van der Waals surface area contributed by atoms with Gasteiger partial charge in [-0.15, -0.1) is 0 Å². The quantitative estimate of drug-likeness (QED) is 0.786. The Balaban J connectivity index is 1.49. The Bertz CT molecular complexity index is 310. The first-order chi connectivity index (χ1) is 9.34. The molecule has 0 radical (unpaired) electrons. The number of piperidine rings is 2. The molecule has 1 saturated carbocycles. The minimum absolute atomic E-state index is 0.0976. The summed E-state index contributed by atoms with van der Waals surface area (Å²) in [5, 5.41) is 0. The Kier molecular flexibility index (Phi) is 4.42. The predicted octanol–water partition coefficient (Wildman–Crippen LogP) is 1.57. The molecule has 0 spiro atoms. The molecule has 3 rings (SSSR count). The Hall–Kier alpha value is -0.570. The average Bonchev–Trinajstić information content (AvgIpc) is 2.99. The van der Waals surface area contributed by atoms with E-state index in [1.165, 1.54) is 58.0 Å². The summed E-state index contributed by atoms with van der Waals surface area (Å²) in [5.41, 5.74) is 0. The van der Waals surface area contributed by atoms with Crippen LogP contribution in [0.2, 0.25) is 0 Å². The van der Waals surface area contributed by atoms with Crippen molar-refractivity contribution in [2.24, 2.45) is 11.8 Å². The molecule has 3 fully saturated rings. The second-order valence-electron chi connectivity index (χ2n) is 6.77. The van der Waals surface area contributed by atoms with Gasteiger partial charge >= 0.3 is 5.97 Å². The van der Waals surface area contributed by atoms with Crippen LogP contribution in [0.4, 0.5) is 0 Å². The molecule has 19 heavy (non-hydrogen) atoms. The standard InChI is InChI=1S/C16H27NO2/c18-16(13-6-1-2-7-13)19-12-14-8-5-11-17-10-4-3-9-15(14)17/h13-15H,1-12H2/p+1/t14-,15+/m0/s1. The molecule has 1 aliphatic carbocycles. The van der Waals surface area contributed by atoms with Crippen LogP contribution in [-0.2, 0) is 9.53 Å². The second-order valence-corrected chi connectivity index (χ2v) is 6.77. The number of hydrogen-bond donors (Lipinski definition) is 1. The number of nitrogens with one attached hydrogen (secondary N) is 1. The Morgan fingerprint density at radius 2 is 1.68 bits per heavy atom. The van der Waals surface area contributed by atoms with Gasteiger partial charge in [-0.2, -0.15) is 0 Å². The summed E-state index contributed by atoms with van der Waals surface area (Å²) in [5.74, 6) is 0.952. The first kappa shape index (κ1) is 13.4. The highest BCUT2D eigenvalue weighted by molar-refractivity contribution is 5.72. The van der Waals surface area contributed by atoms with E-state index in [2.05, 4.69) is 0 Å². The molecule has 2 heterocycles. The van der Waals surface area contributed by atoms with Crippen LogP contribution in [-0.4, -0.2) is 31.7 Å². The van der Waals surface area contributed by atoms with Crippen LogP contribution in [0.15, 0.2) is 0 Å². The summed E-state index contributed by atoms with van der Waals surface area (Å²) in [7, 11) is 0. The molecule has 108 valence electrons. The number of fused-ring (bicyclic) bond motifs is 1. The lowest BCUT2D eigenvalue weighted by Crippen LogP contribution is -3.18. The third-order valence-corrected chi connectivity index (χ3v) is 5.56. The van der Waals surface area contributed by atoms with E-state index in [1.54, 1.807) is 4.90 Å². The van der Waals surface area contributed by atoms with Crippen molar-refractivity contribution < 1.29 is 14.4 Å². The smallest absolute Gasteiger partial charge is 0.308 e. The van der Waals surface area contributed by atoms with Gasteiger partial charge in [0.2, 0.25) is 0 Å². The van der Waals surface area contributed by atoms with Crippen LogP contribution in [0, 0.1) is 11.8 Å². The van der Waals surface area contributed by atoms with Gasteiger partial charge in [-0.3, -0.25) is 4.79 Å². The maximum atomic E-state index is 12.0. The number of carbonyl (C=O) groups is 1. The van der Waals surface area contributed by atoms with Gasteiger partial charge in [0.05, 0.1) is 31.7 Å². The Morgan fingerprint density at radius 3 is 2.53 bits per heavy atom. The van der Waals surface area contributed by atoms with E-state index in [4.69, 9.17) is 4.74 Å². The topological polar surface area (TPSA) is 30.7 Å². The Morgan fingerprint density at radius 1 is 0.947 bits per heavy atom. The molecule has 3 heteroatoms. The molecule has 1 N–H and O–H groups in total. The van der Waals surface area contributed by atoms with E-state index in [-0.39, 0.29) is 11.9 Å². The molecule has 0 aromatic carbocycles. The number of rotatable bonds is 3. The minimum atomic E-state index is 0.0976. The number of esters is 1. The third-order valence-electron chi connectivity index (χ3n) is 5.56. The molecule has 3 nitrogen and oxygen atoms in total. The van der Waals surface area contributed by atoms with Gasteiger partial charge in [-0.05, 0) is 44.9 Å². The number of carbonyl (C=O) groups excluding carboxylic acids is 1. The van der Waals surface area contributed by atoms with Crippen molar-refractivity contribution in [3.63, 3.8) is 0 Å². The van der Waals surface area contributed by atoms with Crippen LogP contribution in [0.3, 0.4) is 0 Å². The lowest BCUT2D eigenvalue weighted by molar-refractivity contribution is -0.940. The maximum absolute atomic E-state index is 12.0. The largest absolute Gasteiger partial charge is 0.465 e. The normalized spacial score (nSPS) is 35.9. The zero-order valence-corrected chi connectivity index (χ0v) is 12.0. The fourth-order valence-corrected chi connectivity index (χ4v) is 4.45. The van der Waals surface area contributed by atoms with Crippen LogP contribution in [0.5, 0.6) is 0 Å². The van der Waals surface area contributed by atoms with Crippen LogP contribution in [0.25, 0.3) is 0 Å². The summed E-state index contributed by atoms with van der Waals surface area (Å²) < 4.78 is 5.66. The highest BCUT2D eigenvalue weighted by atomic mass is 16.5. The van der Waals surface area contributed by atoms with Gasteiger partial charge in [0, 0.05) is 5.92 Å². The molecule has 1 unspecified atom stereocenters. The molecular weight excluding hydrogens is 238 g/mol. The van der Waals surface area contributed by atoms with Gasteiger partial charge < -0.3 is 9.64 Å². The van der Waals surface area contributed by atoms with Crippen molar-refractivity contribution >= 4 is 5.97 Å². The van der Waals surface area contributed by atoms with E-state index in [0.717, 1.165) is 18.9 Å². The summed E-state index contributed by atoms with van der Waals surface area (Å²) >= 11 is 0. The molecule has 2 saturated heterocycles. The van der Waals surface area contributed by atoms with Crippen molar-refractivity contribution in [2.45, 2.75) is 63.8 Å². The average molecular weight is 266 g/mol. The fourth-order valence-electron chi connectivity index (χ4n) is 4.45. The van der Waals surface area contributed by atoms with E-state index in [1.807, 2.05) is 0 Å². The van der Waals surface area contributed by atoms with Gasteiger partial charge in [0.1, 0.15) is 0 Å². The van der Waals surface area contributed by atoms with Crippen molar-refractivity contribution in [3.05, 3.63) is 0 Å². The van der Waals surface area contributed by atoms with Gasteiger partial charge in [0.15, 0.2) is 0 Å². The minimum Gasteiger partial charge on any atom is -0.465 e. The molecule has 0 amide bonds. The van der Waals surface area contributed by atoms with Gasteiger partial charge in [0.25, 0.3) is 0 Å².